The number of hydrogen-bond donors (Lipinski definition) is 0. The van der Waals surface area contributed by atoms with Crippen molar-refractivity contribution in [1.82, 2.24) is 9.55 Å². The maximum Gasteiger partial charge on any atom is 0.267 e. The molecule has 0 atom stereocenters. The average molecular weight is 413 g/mol. The van der Waals surface area contributed by atoms with Gasteiger partial charge in [0.15, 0.2) is 5.16 Å². The molecule has 1 aromatic carbocycles. The predicted octanol–water partition coefficient (Wildman–Crippen LogP) is 6.39. The van der Waals surface area contributed by atoms with E-state index in [0.717, 1.165) is 39.7 Å². The van der Waals surface area contributed by atoms with Crippen molar-refractivity contribution in [3.8, 4) is 5.69 Å². The Morgan fingerprint density at radius 3 is 2.68 bits per heavy atom. The Morgan fingerprint density at radius 2 is 1.86 bits per heavy atom. The minimum atomic E-state index is 0.115. The highest BCUT2D eigenvalue weighted by Crippen LogP contribution is 2.35. The molecule has 0 N–H and O–H groups in total. The van der Waals surface area contributed by atoms with Crippen LogP contribution in [0.3, 0.4) is 0 Å². The number of fused-ring (bicyclic) bond motifs is 3. The van der Waals surface area contributed by atoms with Gasteiger partial charge in [0.1, 0.15) is 4.83 Å². The first-order chi connectivity index (χ1) is 13.8. The minimum Gasteiger partial charge on any atom is -0.268 e. The molecule has 4 rings (SSSR count). The molecule has 148 valence electrons. The maximum atomic E-state index is 13.6. The molecule has 0 amide bonds. The molecule has 0 unspecified atom stereocenters. The van der Waals surface area contributed by atoms with Gasteiger partial charge in [0, 0.05) is 10.6 Å². The van der Waals surface area contributed by atoms with Crippen LogP contribution in [0.2, 0.25) is 0 Å². The molecule has 5 heteroatoms. The number of hydrogen-bond acceptors (Lipinski definition) is 4. The Labute approximate surface area is 175 Å². The summed E-state index contributed by atoms with van der Waals surface area (Å²) in [6, 6.07) is 10.0. The second-order valence-corrected chi connectivity index (χ2v) is 9.67. The Bertz CT molecular complexity index is 991. The van der Waals surface area contributed by atoms with Crippen LogP contribution in [0, 0.1) is 0 Å². The fraction of sp³-hybridized carbons (Fsp3) is 0.478. The summed E-state index contributed by atoms with van der Waals surface area (Å²) >= 11 is 3.48. The highest BCUT2D eigenvalue weighted by atomic mass is 32.2. The zero-order valence-corrected chi connectivity index (χ0v) is 18.2. The Morgan fingerprint density at radius 1 is 1.07 bits per heavy atom. The number of para-hydroxylation sites is 1. The first-order valence-corrected chi connectivity index (χ1v) is 12.4. The lowest BCUT2D eigenvalue weighted by Crippen LogP contribution is -2.22. The summed E-state index contributed by atoms with van der Waals surface area (Å²) in [6.07, 6.45) is 10.8. The van der Waals surface area contributed by atoms with E-state index in [-0.39, 0.29) is 5.56 Å². The van der Waals surface area contributed by atoms with E-state index < -0.39 is 0 Å². The minimum absolute atomic E-state index is 0.115. The third kappa shape index (κ3) is 4.06. The van der Waals surface area contributed by atoms with Crippen molar-refractivity contribution in [2.45, 2.75) is 69.9 Å². The zero-order chi connectivity index (χ0) is 19.3. The summed E-state index contributed by atoms with van der Waals surface area (Å²) in [5.74, 6) is 1.01. The van der Waals surface area contributed by atoms with E-state index in [1.165, 1.54) is 55.4 Å². The number of thiophene rings is 1. The second kappa shape index (κ2) is 9.27. The Hall–Kier alpha value is -1.59. The summed E-state index contributed by atoms with van der Waals surface area (Å²) in [4.78, 5) is 20.9. The van der Waals surface area contributed by atoms with Crippen LogP contribution in [0.5, 0.6) is 0 Å². The smallest absolute Gasteiger partial charge is 0.267 e. The molecule has 0 bridgehead atoms. The second-order valence-electron chi connectivity index (χ2n) is 7.52. The first kappa shape index (κ1) is 19.7. The third-order valence-corrected chi connectivity index (χ3v) is 7.66. The van der Waals surface area contributed by atoms with Crippen molar-refractivity contribution in [2.24, 2.45) is 0 Å². The van der Waals surface area contributed by atoms with E-state index in [9.17, 15) is 4.79 Å². The van der Waals surface area contributed by atoms with Crippen LogP contribution in [0.25, 0.3) is 15.9 Å². The van der Waals surface area contributed by atoms with Gasteiger partial charge in [-0.05, 0) is 49.8 Å². The molecule has 3 nitrogen and oxygen atoms in total. The van der Waals surface area contributed by atoms with Crippen molar-refractivity contribution in [1.29, 1.82) is 0 Å². The first-order valence-electron chi connectivity index (χ1n) is 10.5. The molecule has 28 heavy (non-hydrogen) atoms. The molecule has 0 radical (unpaired) electrons. The van der Waals surface area contributed by atoms with E-state index in [0.29, 0.717) is 0 Å². The molecule has 3 aromatic rings. The van der Waals surface area contributed by atoms with Gasteiger partial charge >= 0.3 is 0 Å². The van der Waals surface area contributed by atoms with Crippen molar-refractivity contribution in [3.63, 3.8) is 0 Å². The molecule has 0 spiro atoms. The highest BCUT2D eigenvalue weighted by Gasteiger charge is 2.22. The number of benzene rings is 1. The van der Waals surface area contributed by atoms with Crippen LogP contribution in [0.4, 0.5) is 0 Å². The molecule has 1 aliphatic carbocycles. The molecule has 0 saturated carbocycles. The number of rotatable bonds is 8. The van der Waals surface area contributed by atoms with Crippen LogP contribution in [-0.2, 0) is 12.8 Å². The van der Waals surface area contributed by atoms with E-state index in [4.69, 9.17) is 4.98 Å². The van der Waals surface area contributed by atoms with Gasteiger partial charge in [0.05, 0.1) is 11.1 Å². The summed E-state index contributed by atoms with van der Waals surface area (Å²) in [5.41, 5.74) is 2.31. The normalized spacial score (nSPS) is 13.8. The number of aryl methyl sites for hydroxylation is 2. The SMILES string of the molecule is CCCCCCCSc1nc2sc3c(c2c(=O)n1-c1ccccc1)CCCC3. The summed E-state index contributed by atoms with van der Waals surface area (Å²) in [7, 11) is 0. The number of nitrogens with zero attached hydrogens (tertiary/aromatic N) is 2. The third-order valence-electron chi connectivity index (χ3n) is 5.45. The summed E-state index contributed by atoms with van der Waals surface area (Å²) in [5, 5.41) is 1.72. The van der Waals surface area contributed by atoms with Gasteiger partial charge in [-0.15, -0.1) is 11.3 Å². The molecule has 0 saturated heterocycles. The average Bonchev–Trinajstić information content (AvgIpc) is 3.10. The van der Waals surface area contributed by atoms with Gasteiger partial charge < -0.3 is 0 Å². The van der Waals surface area contributed by atoms with E-state index in [1.54, 1.807) is 23.1 Å². The lowest BCUT2D eigenvalue weighted by molar-refractivity contribution is 0.658. The van der Waals surface area contributed by atoms with Gasteiger partial charge in [0.25, 0.3) is 5.56 Å². The van der Waals surface area contributed by atoms with Gasteiger partial charge in [-0.2, -0.15) is 0 Å². The van der Waals surface area contributed by atoms with Gasteiger partial charge in [-0.25, -0.2) is 4.98 Å². The standard InChI is InChI=1S/C23H28N2OS2/c1-2-3-4-5-11-16-27-23-24-21-20(18-14-9-10-15-19(18)28-21)22(26)25(23)17-12-7-6-8-13-17/h6-8,12-13H,2-5,9-11,14-16H2,1H3. The van der Waals surface area contributed by atoms with Crippen LogP contribution in [0.1, 0.15) is 62.3 Å². The number of aromatic nitrogens is 2. The largest absolute Gasteiger partial charge is 0.268 e. The lowest BCUT2D eigenvalue weighted by atomic mass is 9.97. The van der Waals surface area contributed by atoms with E-state index in [2.05, 4.69) is 6.92 Å². The molecule has 0 aliphatic heterocycles. The molecule has 0 fully saturated rings. The fourth-order valence-corrected chi connectivity index (χ4v) is 6.27. The van der Waals surface area contributed by atoms with E-state index >= 15 is 0 Å². The molecular weight excluding hydrogens is 384 g/mol. The monoisotopic (exact) mass is 412 g/mol. The Kier molecular flexibility index (Phi) is 6.53. The molecule has 1 aliphatic rings. The maximum absolute atomic E-state index is 13.6. The highest BCUT2D eigenvalue weighted by molar-refractivity contribution is 7.99. The summed E-state index contributed by atoms with van der Waals surface area (Å²) < 4.78 is 1.85. The number of thioether (sulfide) groups is 1. The van der Waals surface area contributed by atoms with Crippen molar-refractivity contribution >= 4 is 33.3 Å². The van der Waals surface area contributed by atoms with Crippen molar-refractivity contribution < 1.29 is 0 Å². The van der Waals surface area contributed by atoms with Crippen LogP contribution in [0.15, 0.2) is 40.3 Å². The van der Waals surface area contributed by atoms with Crippen molar-refractivity contribution in [2.75, 3.05) is 5.75 Å². The lowest BCUT2D eigenvalue weighted by Gasteiger charge is -2.13. The quantitative estimate of drug-likeness (QED) is 0.244. The summed E-state index contributed by atoms with van der Waals surface area (Å²) in [6.45, 7) is 2.24. The van der Waals surface area contributed by atoms with Gasteiger partial charge in [-0.3, -0.25) is 9.36 Å². The topological polar surface area (TPSA) is 34.9 Å². The number of unbranched alkanes of at least 4 members (excludes halogenated alkanes) is 4. The van der Waals surface area contributed by atoms with Crippen molar-refractivity contribution in [3.05, 3.63) is 51.1 Å². The molecular formula is C23H28N2OS2. The molecule has 2 heterocycles. The van der Waals surface area contributed by atoms with Crippen LogP contribution >= 0.6 is 23.1 Å². The predicted molar refractivity (Wildman–Crippen MR) is 121 cm³/mol. The van der Waals surface area contributed by atoms with Gasteiger partial charge in [0.2, 0.25) is 0 Å². The van der Waals surface area contributed by atoms with Crippen LogP contribution < -0.4 is 5.56 Å². The van der Waals surface area contributed by atoms with Crippen LogP contribution in [-0.4, -0.2) is 15.3 Å². The van der Waals surface area contributed by atoms with E-state index in [1.807, 2.05) is 34.9 Å². The Balaban J connectivity index is 1.71. The fourth-order valence-electron chi connectivity index (χ4n) is 3.96. The zero-order valence-electron chi connectivity index (χ0n) is 16.6. The molecule has 2 aromatic heterocycles. The van der Waals surface area contributed by atoms with Gasteiger partial charge in [-0.1, -0.05) is 62.6 Å².